The summed E-state index contributed by atoms with van der Waals surface area (Å²) in [6, 6.07) is 14.1. The lowest BCUT2D eigenvalue weighted by Gasteiger charge is -2.34. The molecule has 0 saturated heterocycles. The Balaban J connectivity index is 2.26. The first-order chi connectivity index (χ1) is 13.7. The van der Waals surface area contributed by atoms with Crippen LogP contribution in [0.2, 0.25) is 0 Å². The molecule has 0 aliphatic carbocycles. The minimum Gasteiger partial charge on any atom is -0.508 e. The van der Waals surface area contributed by atoms with Gasteiger partial charge in [-0.15, -0.1) is 0 Å². The lowest BCUT2D eigenvalue weighted by Crippen LogP contribution is -2.29. The first-order valence-corrected chi connectivity index (χ1v) is 10.2. The number of aromatic hydroxyl groups is 1. The number of aliphatic carboxylic acids is 1. The van der Waals surface area contributed by atoms with Gasteiger partial charge >= 0.3 is 12.1 Å². The van der Waals surface area contributed by atoms with Crippen LogP contribution in [0.1, 0.15) is 38.4 Å². The van der Waals surface area contributed by atoms with Crippen molar-refractivity contribution in [3.8, 4) is 5.75 Å². The number of allylic oxidation sites excluding steroid dienone is 1. The van der Waals surface area contributed by atoms with Crippen molar-refractivity contribution in [2.24, 2.45) is 5.41 Å². The van der Waals surface area contributed by atoms with Gasteiger partial charge in [-0.3, -0.25) is 5.32 Å². The third kappa shape index (κ3) is 7.08. The Kier molecular flexibility index (Phi) is 8.07. The van der Waals surface area contributed by atoms with E-state index < -0.39 is 23.6 Å². The third-order valence-electron chi connectivity index (χ3n) is 4.44. The molecule has 0 fully saturated rings. The summed E-state index contributed by atoms with van der Waals surface area (Å²) in [6.45, 7) is 3.84. The van der Waals surface area contributed by atoms with Crippen molar-refractivity contribution in [2.75, 3.05) is 5.32 Å². The maximum atomic E-state index is 12.5. The number of carboxylic acids is 1. The second-order valence-electron chi connectivity index (χ2n) is 7.25. The molecular weight excluding hydrogens is 485 g/mol. The zero-order chi connectivity index (χ0) is 21.4. The normalized spacial score (nSPS) is 12.5. The molecule has 2 aromatic carbocycles. The summed E-state index contributed by atoms with van der Waals surface area (Å²) >= 11 is 2.13. The molecule has 0 radical (unpaired) electrons. The zero-order valence-electron chi connectivity index (χ0n) is 16.3. The Morgan fingerprint density at radius 2 is 1.90 bits per heavy atom. The Hall–Kier alpha value is -2.55. The van der Waals surface area contributed by atoms with E-state index in [1.54, 1.807) is 48.5 Å². The summed E-state index contributed by atoms with van der Waals surface area (Å²) in [5.41, 5.74) is 0.538. The molecule has 0 heterocycles. The van der Waals surface area contributed by atoms with Crippen LogP contribution < -0.4 is 5.32 Å². The number of phenols is 1. The largest absolute Gasteiger partial charge is 0.508 e. The van der Waals surface area contributed by atoms with Gasteiger partial charge in [0.15, 0.2) is 0 Å². The number of nitrogens with one attached hydrogen (secondary N) is 1. The number of hydrogen-bond acceptors (Lipinski definition) is 4. The Morgan fingerprint density at radius 1 is 1.21 bits per heavy atom. The van der Waals surface area contributed by atoms with E-state index in [9.17, 15) is 14.7 Å². The van der Waals surface area contributed by atoms with Gasteiger partial charge in [0.05, 0.1) is 0 Å². The predicted octanol–water partition coefficient (Wildman–Crippen LogP) is 5.73. The van der Waals surface area contributed by atoms with E-state index in [1.165, 1.54) is 0 Å². The molecule has 154 valence electrons. The summed E-state index contributed by atoms with van der Waals surface area (Å²) in [5, 5.41) is 21.9. The lowest BCUT2D eigenvalue weighted by molar-refractivity contribution is -0.131. The van der Waals surface area contributed by atoms with E-state index >= 15 is 0 Å². The Labute approximate surface area is 183 Å². The molecule has 1 atom stereocenters. The number of carboxylic acid groups (broad SMARTS) is 1. The molecule has 1 amide bonds. The Morgan fingerprint density at radius 3 is 2.55 bits per heavy atom. The number of para-hydroxylation sites is 1. The van der Waals surface area contributed by atoms with Crippen molar-refractivity contribution < 1.29 is 24.5 Å². The average Bonchev–Trinajstić information content (AvgIpc) is 2.66. The smallest absolute Gasteiger partial charge is 0.412 e. The quantitative estimate of drug-likeness (QED) is 0.312. The molecule has 0 aliphatic rings. The Bertz CT molecular complexity index is 880. The molecule has 0 unspecified atom stereocenters. The van der Waals surface area contributed by atoms with Gasteiger partial charge in [-0.05, 0) is 65.8 Å². The number of phenolic OH excluding ortho intramolecular Hbond substituents is 1. The van der Waals surface area contributed by atoms with Crippen LogP contribution in [0.15, 0.2) is 60.7 Å². The summed E-state index contributed by atoms with van der Waals surface area (Å²) in [7, 11) is 0. The maximum Gasteiger partial charge on any atom is 0.412 e. The van der Waals surface area contributed by atoms with Crippen LogP contribution in [-0.4, -0.2) is 22.3 Å². The summed E-state index contributed by atoms with van der Waals surface area (Å²) in [5.74, 6) is -0.967. The molecule has 0 aromatic heterocycles. The highest BCUT2D eigenvalue weighted by molar-refractivity contribution is 14.1. The predicted molar refractivity (Wildman–Crippen MR) is 120 cm³/mol. The second kappa shape index (κ2) is 10.3. The van der Waals surface area contributed by atoms with E-state index in [2.05, 4.69) is 27.9 Å². The van der Waals surface area contributed by atoms with Crippen LogP contribution in [0.4, 0.5) is 10.5 Å². The van der Waals surface area contributed by atoms with E-state index in [4.69, 9.17) is 9.84 Å². The molecular formula is C22H24INO5. The van der Waals surface area contributed by atoms with E-state index in [0.29, 0.717) is 24.1 Å². The van der Waals surface area contributed by atoms with Crippen molar-refractivity contribution >= 4 is 40.3 Å². The SMILES string of the molecule is CC(C)(CC/C=C/C(=O)O)[C@H](OC(=O)Nc1ccccc1)c1cc(I)ccc1O. The van der Waals surface area contributed by atoms with Crippen LogP contribution in [0.3, 0.4) is 0 Å². The fraction of sp³-hybridized carbons (Fsp3) is 0.273. The topological polar surface area (TPSA) is 95.9 Å². The van der Waals surface area contributed by atoms with Crippen LogP contribution in [0.5, 0.6) is 5.75 Å². The fourth-order valence-electron chi connectivity index (χ4n) is 2.93. The van der Waals surface area contributed by atoms with E-state index in [-0.39, 0.29) is 5.75 Å². The average molecular weight is 509 g/mol. The second-order valence-corrected chi connectivity index (χ2v) is 8.49. The van der Waals surface area contributed by atoms with Gasteiger partial charge in [0.2, 0.25) is 0 Å². The number of ether oxygens (including phenoxy) is 1. The fourth-order valence-corrected chi connectivity index (χ4v) is 3.44. The summed E-state index contributed by atoms with van der Waals surface area (Å²) < 4.78 is 6.66. The van der Waals surface area contributed by atoms with Crippen LogP contribution in [0.25, 0.3) is 0 Å². The van der Waals surface area contributed by atoms with Gasteiger partial charge in [0, 0.05) is 26.3 Å². The van der Waals surface area contributed by atoms with Gasteiger partial charge in [-0.2, -0.15) is 0 Å². The number of halogens is 1. The van der Waals surface area contributed by atoms with Crippen LogP contribution in [0, 0.1) is 8.99 Å². The van der Waals surface area contributed by atoms with Gasteiger partial charge in [-0.1, -0.05) is 38.1 Å². The van der Waals surface area contributed by atoms with Gasteiger partial charge in [-0.25, -0.2) is 9.59 Å². The van der Waals surface area contributed by atoms with Crippen molar-refractivity contribution in [1.29, 1.82) is 0 Å². The number of carbonyl (C=O) groups is 2. The molecule has 0 aliphatic heterocycles. The number of hydrogen-bond donors (Lipinski definition) is 3. The molecule has 7 heteroatoms. The number of anilines is 1. The van der Waals surface area contributed by atoms with Crippen molar-refractivity contribution in [3.63, 3.8) is 0 Å². The van der Waals surface area contributed by atoms with Gasteiger partial charge in [0.1, 0.15) is 11.9 Å². The van der Waals surface area contributed by atoms with Crippen molar-refractivity contribution in [1.82, 2.24) is 0 Å². The molecule has 29 heavy (non-hydrogen) atoms. The molecule has 3 N–H and O–H groups in total. The third-order valence-corrected chi connectivity index (χ3v) is 5.11. The molecule has 0 bridgehead atoms. The standard InChI is InChI=1S/C22H24INO5/c1-22(2,13-7-6-10-19(26)27)20(17-14-15(23)11-12-18(17)25)29-21(28)24-16-8-4-3-5-9-16/h3-6,8-12,14,20,25H,7,13H2,1-2H3,(H,24,28)(H,26,27)/b10-6+/t20-/m1/s1. The summed E-state index contributed by atoms with van der Waals surface area (Å²) in [6.07, 6.45) is 2.33. The first-order valence-electron chi connectivity index (χ1n) is 9.09. The lowest BCUT2D eigenvalue weighted by atomic mass is 9.78. The number of amides is 1. The van der Waals surface area contributed by atoms with E-state index in [0.717, 1.165) is 9.65 Å². The van der Waals surface area contributed by atoms with Crippen LogP contribution in [-0.2, 0) is 9.53 Å². The van der Waals surface area contributed by atoms with Gasteiger partial charge in [0.25, 0.3) is 0 Å². The van der Waals surface area contributed by atoms with Crippen molar-refractivity contribution in [3.05, 3.63) is 69.8 Å². The highest BCUT2D eigenvalue weighted by atomic mass is 127. The number of carbonyl (C=O) groups excluding carboxylic acids is 1. The molecule has 0 spiro atoms. The van der Waals surface area contributed by atoms with Crippen LogP contribution >= 0.6 is 22.6 Å². The minimum atomic E-state index is -1.01. The van der Waals surface area contributed by atoms with Crippen molar-refractivity contribution in [2.45, 2.75) is 32.8 Å². The monoisotopic (exact) mass is 509 g/mol. The minimum absolute atomic E-state index is 0.0390. The summed E-state index contributed by atoms with van der Waals surface area (Å²) in [4.78, 5) is 23.2. The maximum absolute atomic E-state index is 12.5. The molecule has 2 aromatic rings. The number of rotatable bonds is 8. The first kappa shape index (κ1) is 22.7. The molecule has 0 saturated carbocycles. The highest BCUT2D eigenvalue weighted by Gasteiger charge is 2.35. The highest BCUT2D eigenvalue weighted by Crippen LogP contribution is 2.44. The molecule has 6 nitrogen and oxygen atoms in total. The number of benzene rings is 2. The molecule has 2 rings (SSSR count). The van der Waals surface area contributed by atoms with E-state index in [1.807, 2.05) is 19.9 Å². The van der Waals surface area contributed by atoms with Gasteiger partial charge < -0.3 is 14.9 Å². The zero-order valence-corrected chi connectivity index (χ0v) is 18.4.